The number of phenols is 2. The molecule has 7 heteroatoms. The number of rotatable bonds is 6. The zero-order chi connectivity index (χ0) is 23.4. The number of ether oxygens (including phenoxy) is 2. The van der Waals surface area contributed by atoms with Gasteiger partial charge in [0.15, 0.2) is 0 Å². The van der Waals surface area contributed by atoms with Gasteiger partial charge in [0.25, 0.3) is 0 Å². The van der Waals surface area contributed by atoms with Crippen molar-refractivity contribution in [3.8, 4) is 51.5 Å². The molecular weight excluding hydrogens is 420 g/mol. The highest BCUT2D eigenvalue weighted by Gasteiger charge is 2.23. The average molecular weight is 440 g/mol. The van der Waals surface area contributed by atoms with Crippen molar-refractivity contribution in [2.24, 2.45) is 4.99 Å². The second kappa shape index (κ2) is 9.20. The molecule has 0 saturated heterocycles. The second-order valence-electron chi connectivity index (χ2n) is 7.06. The topological polar surface area (TPSA) is 108 Å². The van der Waals surface area contributed by atoms with E-state index in [1.807, 2.05) is 24.3 Å². The van der Waals surface area contributed by atoms with Crippen molar-refractivity contribution in [3.05, 3.63) is 77.9 Å². The molecule has 0 unspecified atom stereocenters. The molecule has 3 aromatic carbocycles. The van der Waals surface area contributed by atoms with E-state index in [0.717, 1.165) is 11.1 Å². The van der Waals surface area contributed by atoms with Gasteiger partial charge >= 0.3 is 0 Å². The molecule has 2 N–H and O–H groups in total. The van der Waals surface area contributed by atoms with E-state index in [1.54, 1.807) is 38.5 Å². The average Bonchev–Trinajstić information content (AvgIpc) is 3.22. The highest BCUT2D eigenvalue weighted by molar-refractivity contribution is 5.91. The van der Waals surface area contributed by atoms with Crippen LogP contribution >= 0.6 is 0 Å². The number of benzene rings is 3. The monoisotopic (exact) mass is 440 g/mol. The van der Waals surface area contributed by atoms with E-state index in [0.29, 0.717) is 28.4 Å². The summed E-state index contributed by atoms with van der Waals surface area (Å²) < 4.78 is 16.6. The van der Waals surface area contributed by atoms with Gasteiger partial charge in [0.05, 0.1) is 14.2 Å². The summed E-state index contributed by atoms with van der Waals surface area (Å²) in [5.74, 6) is 1.74. The fourth-order valence-electron chi connectivity index (χ4n) is 3.36. The van der Waals surface area contributed by atoms with Crippen molar-refractivity contribution in [1.82, 2.24) is 0 Å². The Morgan fingerprint density at radius 1 is 0.879 bits per heavy atom. The minimum Gasteiger partial charge on any atom is -0.508 e. The van der Waals surface area contributed by atoms with Gasteiger partial charge < -0.3 is 24.1 Å². The summed E-state index contributed by atoms with van der Waals surface area (Å²) in [7, 11) is 3.17. The van der Waals surface area contributed by atoms with Crippen molar-refractivity contribution in [1.29, 1.82) is 5.26 Å². The normalized spacial score (nSPS) is 10.8. The first-order valence-electron chi connectivity index (χ1n) is 9.96. The van der Waals surface area contributed by atoms with Crippen LogP contribution in [0.25, 0.3) is 22.5 Å². The third-order valence-electron chi connectivity index (χ3n) is 5.07. The lowest BCUT2D eigenvalue weighted by Crippen LogP contribution is -1.87. The third kappa shape index (κ3) is 4.36. The predicted octanol–water partition coefficient (Wildman–Crippen LogP) is 5.66. The molecule has 4 aromatic rings. The number of phenolic OH excluding ortho intramolecular Hbond substituents is 2. The van der Waals surface area contributed by atoms with Gasteiger partial charge in [0.2, 0.25) is 5.88 Å². The molecule has 0 fully saturated rings. The number of furan rings is 1. The number of methoxy groups -OCH3 is 2. The highest BCUT2D eigenvalue weighted by atomic mass is 16.5. The van der Waals surface area contributed by atoms with Crippen molar-refractivity contribution in [2.45, 2.75) is 0 Å². The maximum atomic E-state index is 10.0. The molecular formula is C26H20N2O5. The first-order chi connectivity index (χ1) is 16.0. The van der Waals surface area contributed by atoms with E-state index in [9.17, 15) is 15.5 Å². The van der Waals surface area contributed by atoms with Gasteiger partial charge in [-0.05, 0) is 54.1 Å². The van der Waals surface area contributed by atoms with Crippen LogP contribution in [0.15, 0.2) is 76.1 Å². The van der Waals surface area contributed by atoms with Crippen LogP contribution in [0.4, 0.5) is 5.88 Å². The summed E-state index contributed by atoms with van der Waals surface area (Å²) in [6, 6.07) is 20.9. The molecule has 7 nitrogen and oxygen atoms in total. The highest BCUT2D eigenvalue weighted by Crippen LogP contribution is 2.43. The zero-order valence-corrected chi connectivity index (χ0v) is 17.9. The smallest absolute Gasteiger partial charge is 0.238 e. The van der Waals surface area contributed by atoms with E-state index >= 15 is 0 Å². The molecule has 0 spiro atoms. The Labute approximate surface area is 190 Å². The van der Waals surface area contributed by atoms with Crippen LogP contribution in [0, 0.1) is 11.3 Å². The predicted molar refractivity (Wildman–Crippen MR) is 124 cm³/mol. The molecule has 0 aliphatic heterocycles. The maximum absolute atomic E-state index is 10.0. The number of hydrogen-bond donors (Lipinski definition) is 2. The lowest BCUT2D eigenvalue weighted by molar-refractivity contribution is 0.414. The van der Waals surface area contributed by atoms with Crippen molar-refractivity contribution in [3.63, 3.8) is 0 Å². The Balaban J connectivity index is 1.87. The fourth-order valence-corrected chi connectivity index (χ4v) is 3.36. The van der Waals surface area contributed by atoms with Crippen LogP contribution in [0.2, 0.25) is 0 Å². The second-order valence-corrected chi connectivity index (χ2v) is 7.06. The van der Waals surface area contributed by atoms with E-state index in [2.05, 4.69) is 11.1 Å². The lowest BCUT2D eigenvalue weighted by atomic mass is 9.98. The first kappa shape index (κ1) is 21.5. The number of hydrogen-bond acceptors (Lipinski definition) is 7. The molecule has 164 valence electrons. The lowest BCUT2D eigenvalue weighted by Gasteiger charge is -2.06. The summed E-state index contributed by atoms with van der Waals surface area (Å²) in [4.78, 5) is 4.33. The Bertz CT molecular complexity index is 1350. The minimum absolute atomic E-state index is 0.0658. The fraction of sp³-hybridized carbons (Fsp3) is 0.0769. The Morgan fingerprint density at radius 2 is 1.48 bits per heavy atom. The number of nitrogens with zero attached hydrogens (tertiary/aromatic N) is 2. The SMILES string of the molecule is COc1ccc(-c2oc(N=Cc3ccc(O)cc3O)c(C#N)c2-c2ccc(OC)cc2)cc1. The molecule has 0 atom stereocenters. The van der Waals surface area contributed by atoms with Crippen molar-refractivity contribution in [2.75, 3.05) is 14.2 Å². The summed E-state index contributed by atoms with van der Waals surface area (Å²) in [5.41, 5.74) is 2.71. The van der Waals surface area contributed by atoms with Crippen LogP contribution in [-0.4, -0.2) is 30.6 Å². The van der Waals surface area contributed by atoms with E-state index in [4.69, 9.17) is 13.9 Å². The summed E-state index contributed by atoms with van der Waals surface area (Å²) in [5, 5.41) is 29.5. The van der Waals surface area contributed by atoms with Gasteiger partial charge in [-0.3, -0.25) is 0 Å². The Morgan fingerprint density at radius 3 is 2.03 bits per heavy atom. The largest absolute Gasteiger partial charge is 0.508 e. The van der Waals surface area contributed by atoms with Gasteiger partial charge in [0, 0.05) is 29.0 Å². The summed E-state index contributed by atoms with van der Waals surface area (Å²) in [6.07, 6.45) is 1.38. The van der Waals surface area contributed by atoms with Gasteiger partial charge in [-0.1, -0.05) is 12.1 Å². The molecule has 1 aromatic heterocycles. The third-order valence-corrected chi connectivity index (χ3v) is 5.07. The standard InChI is InChI=1S/C26H20N2O5/c1-31-20-9-4-16(5-10-20)24-22(14-27)26(28-15-18-3-8-19(29)13-23(18)30)33-25(24)17-6-11-21(32-2)12-7-17/h3-13,15,29-30H,1-2H3. The molecule has 0 radical (unpaired) electrons. The van der Waals surface area contributed by atoms with Gasteiger partial charge in [0.1, 0.15) is 40.4 Å². The molecule has 0 bridgehead atoms. The summed E-state index contributed by atoms with van der Waals surface area (Å²) in [6.45, 7) is 0. The van der Waals surface area contributed by atoms with Crippen LogP contribution in [0.3, 0.4) is 0 Å². The Kier molecular flexibility index (Phi) is 6.00. The molecule has 0 saturated carbocycles. The van der Waals surface area contributed by atoms with Crippen molar-refractivity contribution < 1.29 is 24.1 Å². The summed E-state index contributed by atoms with van der Waals surface area (Å²) >= 11 is 0. The molecule has 0 aliphatic carbocycles. The molecule has 0 amide bonds. The number of aromatic hydroxyl groups is 2. The van der Waals surface area contributed by atoms with E-state index < -0.39 is 0 Å². The van der Waals surface area contributed by atoms with Crippen LogP contribution in [-0.2, 0) is 0 Å². The van der Waals surface area contributed by atoms with E-state index in [1.165, 1.54) is 24.4 Å². The van der Waals surface area contributed by atoms with E-state index in [-0.39, 0.29) is 22.9 Å². The minimum atomic E-state index is -0.144. The van der Waals surface area contributed by atoms with Gasteiger partial charge in [-0.2, -0.15) is 5.26 Å². The number of aliphatic imine (C=N–C) groups is 1. The zero-order valence-electron chi connectivity index (χ0n) is 17.9. The molecule has 33 heavy (non-hydrogen) atoms. The van der Waals surface area contributed by atoms with Crippen molar-refractivity contribution >= 4 is 12.1 Å². The Hall–Kier alpha value is -4.70. The maximum Gasteiger partial charge on any atom is 0.238 e. The number of nitriles is 1. The molecule has 0 aliphatic rings. The first-order valence-corrected chi connectivity index (χ1v) is 9.96. The quantitative estimate of drug-likeness (QED) is 0.374. The van der Waals surface area contributed by atoms with Gasteiger partial charge in [-0.15, -0.1) is 0 Å². The van der Waals surface area contributed by atoms with Gasteiger partial charge in [-0.25, -0.2) is 4.99 Å². The van der Waals surface area contributed by atoms with Crippen LogP contribution in [0.1, 0.15) is 11.1 Å². The molecule has 1 heterocycles. The molecule has 4 rings (SSSR count). The van der Waals surface area contributed by atoms with Crippen LogP contribution < -0.4 is 9.47 Å². The van der Waals surface area contributed by atoms with Crippen LogP contribution in [0.5, 0.6) is 23.0 Å².